The molecule has 2 atom stereocenters. The van der Waals surface area contributed by atoms with Crippen LogP contribution in [0.25, 0.3) is 0 Å². The van der Waals surface area contributed by atoms with Crippen molar-refractivity contribution in [2.24, 2.45) is 0 Å². The van der Waals surface area contributed by atoms with Crippen LogP contribution in [0.2, 0.25) is 0 Å². The van der Waals surface area contributed by atoms with Crippen molar-refractivity contribution < 1.29 is 24.5 Å². The van der Waals surface area contributed by atoms with Gasteiger partial charge in [-0.25, -0.2) is 0 Å². The number of allylic oxidation sites excluding steroid dienone is 7. The number of unbranched alkanes of at least 4 members (excludes halogenated alkanes) is 47. The molecule has 3 N–H and O–H groups in total. The zero-order valence-electron chi connectivity index (χ0n) is 51.7. The Hall–Kier alpha value is -2.18. The second-order valence-electron chi connectivity index (χ2n) is 23.5. The zero-order chi connectivity index (χ0) is 55.7. The van der Waals surface area contributed by atoms with Crippen molar-refractivity contribution in [3.05, 3.63) is 48.6 Å². The van der Waals surface area contributed by atoms with Crippen molar-refractivity contribution in [3.8, 4) is 0 Å². The third-order valence-corrected chi connectivity index (χ3v) is 15.8. The Bertz CT molecular complexity index is 1290. The maximum absolute atomic E-state index is 12.5. The van der Waals surface area contributed by atoms with E-state index in [-0.39, 0.29) is 18.5 Å². The molecule has 6 heteroatoms. The quantitative estimate of drug-likeness (QED) is 0.0320. The van der Waals surface area contributed by atoms with E-state index in [0.717, 1.165) is 51.4 Å². The fraction of sp³-hybridized carbons (Fsp3) is 0.859. The number of amides is 1. The second-order valence-corrected chi connectivity index (χ2v) is 23.5. The Kier molecular flexibility index (Phi) is 64.5. The third kappa shape index (κ3) is 62.9. The topological polar surface area (TPSA) is 95.9 Å². The molecule has 0 aliphatic rings. The van der Waals surface area contributed by atoms with E-state index in [4.69, 9.17) is 4.74 Å². The van der Waals surface area contributed by atoms with Crippen LogP contribution in [0.1, 0.15) is 367 Å². The first-order valence-corrected chi connectivity index (χ1v) is 34.4. The predicted molar refractivity (Wildman–Crippen MR) is 338 cm³/mol. The highest BCUT2D eigenvalue weighted by Gasteiger charge is 2.18. The fourth-order valence-electron chi connectivity index (χ4n) is 10.5. The minimum absolute atomic E-state index is 0.0000869. The van der Waals surface area contributed by atoms with Gasteiger partial charge in [0.05, 0.1) is 25.4 Å². The molecule has 0 aromatic carbocycles. The molecule has 6 nitrogen and oxygen atoms in total. The van der Waals surface area contributed by atoms with E-state index in [2.05, 4.69) is 55.6 Å². The van der Waals surface area contributed by atoms with E-state index in [1.807, 2.05) is 6.08 Å². The summed E-state index contributed by atoms with van der Waals surface area (Å²) in [7, 11) is 0. The Morgan fingerprint density at radius 3 is 1.00 bits per heavy atom. The molecule has 0 bridgehead atoms. The van der Waals surface area contributed by atoms with Crippen molar-refractivity contribution >= 4 is 11.9 Å². The number of ether oxygens (including phenoxy) is 1. The second kappa shape index (κ2) is 66.3. The van der Waals surface area contributed by atoms with Gasteiger partial charge in [-0.15, -0.1) is 0 Å². The largest absolute Gasteiger partial charge is 0.466 e. The summed E-state index contributed by atoms with van der Waals surface area (Å²) in [6, 6.07) is -0.634. The number of nitrogens with one attached hydrogen (secondary N) is 1. The molecule has 0 rings (SSSR count). The van der Waals surface area contributed by atoms with Crippen molar-refractivity contribution in [1.82, 2.24) is 5.32 Å². The highest BCUT2D eigenvalue weighted by Crippen LogP contribution is 2.18. The fourth-order valence-corrected chi connectivity index (χ4v) is 10.5. The number of rotatable bonds is 64. The zero-order valence-corrected chi connectivity index (χ0v) is 51.7. The number of carbonyl (C=O) groups excluding carboxylic acids is 2. The van der Waals surface area contributed by atoms with E-state index in [0.29, 0.717) is 19.4 Å². The summed E-state index contributed by atoms with van der Waals surface area (Å²) >= 11 is 0. The van der Waals surface area contributed by atoms with Crippen LogP contribution in [0.4, 0.5) is 0 Å². The van der Waals surface area contributed by atoms with Gasteiger partial charge in [0.15, 0.2) is 0 Å². The van der Waals surface area contributed by atoms with Crippen molar-refractivity contribution in [1.29, 1.82) is 0 Å². The Morgan fingerprint density at radius 1 is 0.364 bits per heavy atom. The lowest BCUT2D eigenvalue weighted by Crippen LogP contribution is -2.45. The van der Waals surface area contributed by atoms with Gasteiger partial charge in [-0.2, -0.15) is 0 Å². The van der Waals surface area contributed by atoms with Crippen LogP contribution in [0, 0.1) is 0 Å². The molecule has 0 spiro atoms. The van der Waals surface area contributed by atoms with Gasteiger partial charge in [0.1, 0.15) is 0 Å². The molecule has 0 saturated heterocycles. The first kappa shape index (κ1) is 74.8. The maximum Gasteiger partial charge on any atom is 0.305 e. The molecule has 0 aliphatic heterocycles. The highest BCUT2D eigenvalue weighted by atomic mass is 16.5. The van der Waals surface area contributed by atoms with E-state index < -0.39 is 12.1 Å². The van der Waals surface area contributed by atoms with Gasteiger partial charge < -0.3 is 20.3 Å². The monoisotopic (exact) mass is 1080 g/mol. The molecule has 1 amide bonds. The molecule has 77 heavy (non-hydrogen) atoms. The van der Waals surface area contributed by atoms with Crippen LogP contribution in [0.3, 0.4) is 0 Å². The smallest absolute Gasteiger partial charge is 0.305 e. The number of hydrogen-bond donors (Lipinski definition) is 3. The molecule has 0 radical (unpaired) electrons. The summed E-state index contributed by atoms with van der Waals surface area (Å²) in [6.45, 7) is 4.91. The first-order valence-electron chi connectivity index (χ1n) is 34.4. The Balaban J connectivity index is 3.47. The minimum atomic E-state index is -0.850. The van der Waals surface area contributed by atoms with Crippen LogP contribution < -0.4 is 5.32 Å². The minimum Gasteiger partial charge on any atom is -0.466 e. The van der Waals surface area contributed by atoms with Crippen LogP contribution >= 0.6 is 0 Å². The lowest BCUT2D eigenvalue weighted by molar-refractivity contribution is -0.143. The lowest BCUT2D eigenvalue weighted by atomic mass is 10.0. The number of carbonyl (C=O) groups is 2. The van der Waals surface area contributed by atoms with Gasteiger partial charge in [-0.3, -0.25) is 9.59 Å². The number of esters is 1. The van der Waals surface area contributed by atoms with Crippen LogP contribution in [-0.2, 0) is 14.3 Å². The molecular weight excluding hydrogens is 947 g/mol. The Labute approximate surface area is 480 Å². The van der Waals surface area contributed by atoms with E-state index >= 15 is 0 Å². The highest BCUT2D eigenvalue weighted by molar-refractivity contribution is 5.76. The van der Waals surface area contributed by atoms with E-state index in [1.165, 1.54) is 289 Å². The molecule has 452 valence electrons. The van der Waals surface area contributed by atoms with Crippen molar-refractivity contribution in [2.45, 2.75) is 379 Å². The molecule has 0 aromatic heterocycles. The van der Waals surface area contributed by atoms with E-state index in [1.54, 1.807) is 6.08 Å². The molecular formula is C71H133NO5. The number of aliphatic hydroxyl groups is 2. The van der Waals surface area contributed by atoms with Gasteiger partial charge in [-0.1, -0.05) is 313 Å². The van der Waals surface area contributed by atoms with Crippen molar-refractivity contribution in [3.63, 3.8) is 0 Å². The van der Waals surface area contributed by atoms with Gasteiger partial charge in [-0.05, 0) is 89.9 Å². The molecule has 0 heterocycles. The van der Waals surface area contributed by atoms with Crippen LogP contribution in [0.5, 0.6) is 0 Å². The molecule has 0 fully saturated rings. The summed E-state index contributed by atoms with van der Waals surface area (Å²) < 4.78 is 5.48. The molecule has 0 saturated carbocycles. The normalized spacial score (nSPS) is 12.8. The third-order valence-electron chi connectivity index (χ3n) is 15.8. The summed E-state index contributed by atoms with van der Waals surface area (Å²) in [6.07, 6.45) is 86.0. The summed E-state index contributed by atoms with van der Waals surface area (Å²) in [4.78, 5) is 24.6. The summed E-state index contributed by atoms with van der Waals surface area (Å²) in [5.74, 6) is -0.0714. The van der Waals surface area contributed by atoms with Gasteiger partial charge in [0.2, 0.25) is 5.91 Å². The van der Waals surface area contributed by atoms with E-state index in [9.17, 15) is 19.8 Å². The van der Waals surface area contributed by atoms with Crippen LogP contribution in [0.15, 0.2) is 48.6 Å². The van der Waals surface area contributed by atoms with Gasteiger partial charge in [0, 0.05) is 12.8 Å². The molecule has 0 aliphatic carbocycles. The van der Waals surface area contributed by atoms with Gasteiger partial charge in [0.25, 0.3) is 0 Å². The SMILES string of the molecule is CCCCCCC/C=C\CCCCCCCC(=O)OCCCCCCCCCCC/C=C\C/C=C\CCCCCCCCCCCC(=O)NC(CO)C(O)/C=C/CCCCCCCCCCCCCCCCCCCCC. The average Bonchev–Trinajstić information content (AvgIpc) is 3.43. The average molecular weight is 1080 g/mol. The van der Waals surface area contributed by atoms with Crippen molar-refractivity contribution in [2.75, 3.05) is 13.2 Å². The lowest BCUT2D eigenvalue weighted by Gasteiger charge is -2.20. The first-order chi connectivity index (χ1) is 38.0. The maximum atomic E-state index is 12.5. The van der Waals surface area contributed by atoms with Gasteiger partial charge >= 0.3 is 5.97 Å². The summed E-state index contributed by atoms with van der Waals surface area (Å²) in [5, 5.41) is 23.2. The Morgan fingerprint density at radius 2 is 0.649 bits per heavy atom. The van der Waals surface area contributed by atoms with Crippen LogP contribution in [-0.4, -0.2) is 47.4 Å². The molecule has 2 unspecified atom stereocenters. The number of hydrogen-bond acceptors (Lipinski definition) is 5. The predicted octanol–water partition coefficient (Wildman–Crippen LogP) is 22.1. The summed E-state index contributed by atoms with van der Waals surface area (Å²) in [5.41, 5.74) is 0. The molecule has 0 aromatic rings. The number of aliphatic hydroxyl groups excluding tert-OH is 2. The standard InChI is InChI=1S/C71H133NO5/c1-3-5-7-9-11-13-15-17-19-20-21-27-30-33-36-39-43-47-51-55-59-63-69(74)68(67-73)72-70(75)64-60-56-52-48-44-40-37-34-31-28-25-23-22-24-26-29-32-35-38-42-46-50-54-58-62-66-77-71(76)65-61-57-53-49-45-41-18-16-14-12-10-8-6-4-2/h16,18,23-26,59,63,68-69,73-74H,3-15,17,19-22,27-58,60-62,64-67H2,1-2H3,(H,72,75)/b18-16-,25-23-,26-24-,63-59+.